The van der Waals surface area contributed by atoms with Crippen LogP contribution in [-0.2, 0) is 4.79 Å². The molecule has 1 heteroatoms. The molecule has 1 rings (SSSR count). The van der Waals surface area contributed by atoms with Gasteiger partial charge in [-0.15, -0.1) is 6.58 Å². The van der Waals surface area contributed by atoms with Crippen LogP contribution in [0.1, 0.15) is 39.5 Å². The lowest BCUT2D eigenvalue weighted by Crippen LogP contribution is -2.31. The summed E-state index contributed by atoms with van der Waals surface area (Å²) in [7, 11) is 0. The molecule has 68 valence electrons. The molecule has 1 unspecified atom stereocenters. The minimum absolute atomic E-state index is 0.198. The van der Waals surface area contributed by atoms with E-state index in [-0.39, 0.29) is 5.41 Å². The molecule has 0 aromatic carbocycles. The summed E-state index contributed by atoms with van der Waals surface area (Å²) in [6.07, 6.45) is 5.62. The van der Waals surface area contributed by atoms with E-state index in [4.69, 9.17) is 0 Å². The lowest BCUT2D eigenvalue weighted by Gasteiger charge is -2.37. The molecule has 0 aliphatic heterocycles. The van der Waals surface area contributed by atoms with Crippen LogP contribution in [0.2, 0.25) is 0 Å². The van der Waals surface area contributed by atoms with Gasteiger partial charge in [0, 0.05) is 12.8 Å². The Morgan fingerprint density at radius 1 is 1.67 bits per heavy atom. The van der Waals surface area contributed by atoms with Gasteiger partial charge in [0.1, 0.15) is 5.78 Å². The van der Waals surface area contributed by atoms with E-state index in [0.717, 1.165) is 25.7 Å². The van der Waals surface area contributed by atoms with Crippen LogP contribution in [0.15, 0.2) is 12.7 Å². The zero-order valence-electron chi connectivity index (χ0n) is 8.10. The summed E-state index contributed by atoms with van der Waals surface area (Å²) in [5.41, 5.74) is 0.198. The molecule has 1 saturated carbocycles. The van der Waals surface area contributed by atoms with Gasteiger partial charge in [-0.2, -0.15) is 0 Å². The topological polar surface area (TPSA) is 17.1 Å². The highest BCUT2D eigenvalue weighted by Gasteiger charge is 2.34. The summed E-state index contributed by atoms with van der Waals surface area (Å²) in [5.74, 6) is 1.09. The summed E-state index contributed by atoms with van der Waals surface area (Å²) in [5, 5.41) is 0. The molecular formula is C11H18O. The van der Waals surface area contributed by atoms with Crippen LogP contribution in [0.3, 0.4) is 0 Å². The maximum Gasteiger partial charge on any atom is 0.133 e. The van der Waals surface area contributed by atoms with Gasteiger partial charge in [-0.3, -0.25) is 4.79 Å². The molecular weight excluding hydrogens is 148 g/mol. The van der Waals surface area contributed by atoms with Gasteiger partial charge in [-0.25, -0.2) is 0 Å². The van der Waals surface area contributed by atoms with Crippen LogP contribution in [0, 0.1) is 11.3 Å². The van der Waals surface area contributed by atoms with Crippen molar-refractivity contribution >= 4 is 5.78 Å². The Labute approximate surface area is 74.9 Å². The molecule has 0 bridgehead atoms. The fourth-order valence-electron chi connectivity index (χ4n) is 2.10. The highest BCUT2D eigenvalue weighted by molar-refractivity contribution is 5.79. The van der Waals surface area contributed by atoms with Crippen molar-refractivity contribution in [3.63, 3.8) is 0 Å². The first-order chi connectivity index (χ1) is 5.56. The standard InChI is InChI=1S/C11H18O/c1-4-5-9-6-7-10(12)8-11(9,2)3/h4,9H,1,5-8H2,2-3H3. The first-order valence-electron chi connectivity index (χ1n) is 4.69. The van der Waals surface area contributed by atoms with Gasteiger partial charge in [-0.05, 0) is 24.2 Å². The number of hydrogen-bond acceptors (Lipinski definition) is 1. The van der Waals surface area contributed by atoms with Gasteiger partial charge < -0.3 is 0 Å². The zero-order valence-corrected chi connectivity index (χ0v) is 8.10. The van der Waals surface area contributed by atoms with Crippen molar-refractivity contribution in [2.24, 2.45) is 11.3 Å². The number of allylic oxidation sites excluding steroid dienone is 1. The van der Waals surface area contributed by atoms with E-state index in [1.807, 2.05) is 6.08 Å². The Bertz CT molecular complexity index is 191. The number of ketones is 1. The molecule has 0 heterocycles. The first kappa shape index (κ1) is 9.50. The summed E-state index contributed by atoms with van der Waals surface area (Å²) in [4.78, 5) is 11.2. The lowest BCUT2D eigenvalue weighted by atomic mass is 9.67. The third-order valence-electron chi connectivity index (χ3n) is 2.98. The maximum atomic E-state index is 11.2. The van der Waals surface area contributed by atoms with Crippen LogP contribution in [0.5, 0.6) is 0 Å². The highest BCUT2D eigenvalue weighted by atomic mass is 16.1. The third kappa shape index (κ3) is 1.96. The smallest absolute Gasteiger partial charge is 0.133 e. The Kier molecular flexibility index (Phi) is 2.71. The SMILES string of the molecule is C=CCC1CCC(=O)CC1(C)C. The van der Waals surface area contributed by atoms with E-state index in [2.05, 4.69) is 20.4 Å². The zero-order chi connectivity index (χ0) is 9.19. The second-order valence-electron chi connectivity index (χ2n) is 4.46. The van der Waals surface area contributed by atoms with Crippen molar-refractivity contribution < 1.29 is 4.79 Å². The monoisotopic (exact) mass is 166 g/mol. The van der Waals surface area contributed by atoms with E-state index in [1.165, 1.54) is 0 Å². The Hall–Kier alpha value is -0.590. The average Bonchev–Trinajstić information content (AvgIpc) is 1.94. The molecule has 0 N–H and O–H groups in total. The number of carbonyl (C=O) groups excluding carboxylic acids is 1. The number of hydrogen-bond donors (Lipinski definition) is 0. The third-order valence-corrected chi connectivity index (χ3v) is 2.98. The minimum Gasteiger partial charge on any atom is -0.300 e. The van der Waals surface area contributed by atoms with Crippen molar-refractivity contribution in [1.29, 1.82) is 0 Å². The fourth-order valence-corrected chi connectivity index (χ4v) is 2.10. The summed E-state index contributed by atoms with van der Waals surface area (Å²) in [6, 6.07) is 0. The molecule has 0 saturated heterocycles. The maximum absolute atomic E-state index is 11.2. The van der Waals surface area contributed by atoms with Crippen LogP contribution in [0.4, 0.5) is 0 Å². The van der Waals surface area contributed by atoms with Gasteiger partial charge in [0.2, 0.25) is 0 Å². The first-order valence-corrected chi connectivity index (χ1v) is 4.69. The van der Waals surface area contributed by atoms with E-state index in [1.54, 1.807) is 0 Å². The molecule has 1 aliphatic rings. The van der Waals surface area contributed by atoms with Crippen molar-refractivity contribution in [1.82, 2.24) is 0 Å². The molecule has 0 amide bonds. The van der Waals surface area contributed by atoms with Crippen molar-refractivity contribution in [2.75, 3.05) is 0 Å². The quantitative estimate of drug-likeness (QED) is 0.576. The lowest BCUT2D eigenvalue weighted by molar-refractivity contribution is -0.124. The Balaban J connectivity index is 2.63. The van der Waals surface area contributed by atoms with Crippen LogP contribution >= 0.6 is 0 Å². The van der Waals surface area contributed by atoms with Crippen molar-refractivity contribution in [3.8, 4) is 0 Å². The van der Waals surface area contributed by atoms with E-state index >= 15 is 0 Å². The molecule has 1 fully saturated rings. The fraction of sp³-hybridized carbons (Fsp3) is 0.727. The van der Waals surface area contributed by atoms with Gasteiger partial charge >= 0.3 is 0 Å². The Morgan fingerprint density at radius 2 is 2.33 bits per heavy atom. The highest BCUT2D eigenvalue weighted by Crippen LogP contribution is 2.40. The molecule has 0 radical (unpaired) electrons. The number of Topliss-reactive ketones (excluding diaryl/α,β-unsaturated/α-hetero) is 1. The van der Waals surface area contributed by atoms with E-state index in [9.17, 15) is 4.79 Å². The van der Waals surface area contributed by atoms with Gasteiger partial charge in [0.25, 0.3) is 0 Å². The van der Waals surface area contributed by atoms with Crippen LogP contribution in [-0.4, -0.2) is 5.78 Å². The summed E-state index contributed by atoms with van der Waals surface area (Å²) in [6.45, 7) is 8.14. The average molecular weight is 166 g/mol. The number of rotatable bonds is 2. The van der Waals surface area contributed by atoms with Gasteiger partial charge in [0.05, 0.1) is 0 Å². The minimum atomic E-state index is 0.198. The van der Waals surface area contributed by atoms with E-state index < -0.39 is 0 Å². The van der Waals surface area contributed by atoms with E-state index in [0.29, 0.717) is 11.7 Å². The van der Waals surface area contributed by atoms with Crippen LogP contribution in [0.25, 0.3) is 0 Å². The van der Waals surface area contributed by atoms with Crippen LogP contribution < -0.4 is 0 Å². The Morgan fingerprint density at radius 3 is 2.83 bits per heavy atom. The van der Waals surface area contributed by atoms with Gasteiger partial charge in [0.15, 0.2) is 0 Å². The molecule has 1 atom stereocenters. The largest absolute Gasteiger partial charge is 0.300 e. The summed E-state index contributed by atoms with van der Waals surface area (Å²) >= 11 is 0. The second-order valence-corrected chi connectivity index (χ2v) is 4.46. The van der Waals surface area contributed by atoms with Crippen molar-refractivity contribution in [2.45, 2.75) is 39.5 Å². The molecule has 0 aromatic rings. The van der Waals surface area contributed by atoms with Gasteiger partial charge in [-0.1, -0.05) is 19.9 Å². The molecule has 0 spiro atoms. The predicted molar refractivity (Wildman–Crippen MR) is 50.9 cm³/mol. The predicted octanol–water partition coefficient (Wildman–Crippen LogP) is 2.96. The van der Waals surface area contributed by atoms with Crippen molar-refractivity contribution in [3.05, 3.63) is 12.7 Å². The molecule has 0 aromatic heterocycles. The molecule has 1 aliphatic carbocycles. The molecule has 12 heavy (non-hydrogen) atoms. The second kappa shape index (κ2) is 3.42. The normalized spacial score (nSPS) is 28.5. The summed E-state index contributed by atoms with van der Waals surface area (Å²) < 4.78 is 0. The molecule has 1 nitrogen and oxygen atoms in total. The number of carbonyl (C=O) groups is 1.